The van der Waals surface area contributed by atoms with Crippen LogP contribution < -0.4 is 10.6 Å². The second-order valence-electron chi connectivity index (χ2n) is 4.01. The summed E-state index contributed by atoms with van der Waals surface area (Å²) in [5.74, 6) is -0.429. The molecule has 0 aliphatic heterocycles. The van der Waals surface area contributed by atoms with Crippen molar-refractivity contribution >= 4 is 33.3 Å². The molecule has 4 nitrogen and oxygen atoms in total. The fourth-order valence-corrected chi connectivity index (χ4v) is 2.01. The predicted octanol–water partition coefficient (Wildman–Crippen LogP) is 3.67. The molecule has 6 heteroatoms. The highest BCUT2D eigenvalue weighted by atomic mass is 79.9. The van der Waals surface area contributed by atoms with E-state index in [-0.39, 0.29) is 5.69 Å². The Morgan fingerprint density at radius 2 is 2.20 bits per heavy atom. The van der Waals surface area contributed by atoms with Crippen LogP contribution in [0.1, 0.15) is 17.3 Å². The van der Waals surface area contributed by atoms with Gasteiger partial charge in [-0.2, -0.15) is 0 Å². The molecule has 0 aliphatic carbocycles. The smallest absolute Gasteiger partial charge is 0.259 e. The van der Waals surface area contributed by atoms with E-state index in [4.69, 9.17) is 0 Å². The van der Waals surface area contributed by atoms with Crippen molar-refractivity contribution in [3.63, 3.8) is 0 Å². The summed E-state index contributed by atoms with van der Waals surface area (Å²) in [6, 6.07) is 7.75. The molecule has 2 rings (SSSR count). The summed E-state index contributed by atoms with van der Waals surface area (Å²) < 4.78 is 14.3. The summed E-state index contributed by atoms with van der Waals surface area (Å²) in [5.41, 5.74) is 0.501. The molecule has 104 valence electrons. The number of carbonyl (C=O) groups excluding carboxylic acids is 1. The monoisotopic (exact) mass is 337 g/mol. The van der Waals surface area contributed by atoms with Gasteiger partial charge in [-0.1, -0.05) is 15.9 Å². The number of amides is 1. The Morgan fingerprint density at radius 1 is 1.40 bits per heavy atom. The van der Waals surface area contributed by atoms with Gasteiger partial charge in [-0.05, 0) is 37.3 Å². The average molecular weight is 338 g/mol. The van der Waals surface area contributed by atoms with E-state index < -0.39 is 11.7 Å². The zero-order chi connectivity index (χ0) is 14.5. The summed E-state index contributed by atoms with van der Waals surface area (Å²) in [6.45, 7) is 2.55. The second kappa shape index (κ2) is 6.47. The lowest BCUT2D eigenvalue weighted by Crippen LogP contribution is -2.16. The summed E-state index contributed by atoms with van der Waals surface area (Å²) in [4.78, 5) is 16.3. The van der Waals surface area contributed by atoms with Crippen molar-refractivity contribution < 1.29 is 9.18 Å². The Kier molecular flexibility index (Phi) is 4.68. The molecule has 0 radical (unpaired) electrons. The van der Waals surface area contributed by atoms with Crippen molar-refractivity contribution in [2.24, 2.45) is 0 Å². The molecule has 0 fully saturated rings. The van der Waals surface area contributed by atoms with Crippen LogP contribution >= 0.6 is 15.9 Å². The third-order valence-corrected chi connectivity index (χ3v) is 3.07. The molecule has 1 aromatic carbocycles. The highest BCUT2D eigenvalue weighted by Gasteiger charge is 2.13. The maximum atomic E-state index is 13.7. The molecule has 0 atom stereocenters. The number of rotatable bonds is 4. The molecule has 1 heterocycles. The van der Waals surface area contributed by atoms with Gasteiger partial charge < -0.3 is 10.6 Å². The first-order chi connectivity index (χ1) is 9.61. The molecular weight excluding hydrogens is 325 g/mol. The molecule has 1 amide bonds. The highest BCUT2D eigenvalue weighted by molar-refractivity contribution is 9.10. The summed E-state index contributed by atoms with van der Waals surface area (Å²) in [6.07, 6.45) is 1.59. The number of nitrogens with zero attached hydrogens (tertiary/aromatic N) is 1. The molecule has 0 aliphatic rings. The fourth-order valence-electron chi connectivity index (χ4n) is 1.68. The van der Waals surface area contributed by atoms with E-state index in [1.165, 1.54) is 12.1 Å². The van der Waals surface area contributed by atoms with Crippen LogP contribution in [0.4, 0.5) is 15.9 Å². The molecule has 0 saturated heterocycles. The predicted molar refractivity (Wildman–Crippen MR) is 80.5 cm³/mol. The summed E-state index contributed by atoms with van der Waals surface area (Å²) >= 11 is 3.17. The molecule has 2 aromatic rings. The van der Waals surface area contributed by atoms with Crippen molar-refractivity contribution in [3.05, 3.63) is 52.4 Å². The van der Waals surface area contributed by atoms with E-state index in [0.717, 1.165) is 0 Å². The zero-order valence-electron chi connectivity index (χ0n) is 10.8. The number of halogens is 2. The van der Waals surface area contributed by atoms with Crippen molar-refractivity contribution in [3.8, 4) is 0 Å². The quantitative estimate of drug-likeness (QED) is 0.894. The van der Waals surface area contributed by atoms with Crippen LogP contribution in [0.5, 0.6) is 0 Å². The lowest BCUT2D eigenvalue weighted by atomic mass is 10.2. The Labute approximate surface area is 124 Å². The van der Waals surface area contributed by atoms with E-state index in [9.17, 15) is 9.18 Å². The minimum Gasteiger partial charge on any atom is -0.370 e. The van der Waals surface area contributed by atoms with E-state index in [1.807, 2.05) is 6.92 Å². The molecule has 0 saturated carbocycles. The summed E-state index contributed by atoms with van der Waals surface area (Å²) in [7, 11) is 0. The first-order valence-electron chi connectivity index (χ1n) is 6.07. The van der Waals surface area contributed by atoms with Gasteiger partial charge in [0.2, 0.25) is 0 Å². The van der Waals surface area contributed by atoms with Crippen LogP contribution in [0.15, 0.2) is 41.0 Å². The Morgan fingerprint density at radius 3 is 2.90 bits per heavy atom. The van der Waals surface area contributed by atoms with Gasteiger partial charge >= 0.3 is 0 Å². The number of benzene rings is 1. The second-order valence-corrected chi connectivity index (χ2v) is 4.92. The number of pyridine rings is 1. The number of aromatic nitrogens is 1. The minimum atomic E-state index is -0.499. The lowest BCUT2D eigenvalue weighted by Gasteiger charge is -2.10. The maximum Gasteiger partial charge on any atom is 0.259 e. The van der Waals surface area contributed by atoms with Crippen molar-refractivity contribution in [1.82, 2.24) is 4.98 Å². The topological polar surface area (TPSA) is 54.0 Å². The largest absolute Gasteiger partial charge is 0.370 e. The fraction of sp³-hybridized carbons (Fsp3) is 0.143. The molecule has 20 heavy (non-hydrogen) atoms. The van der Waals surface area contributed by atoms with Crippen LogP contribution in [-0.2, 0) is 0 Å². The molecule has 1 aromatic heterocycles. The van der Waals surface area contributed by atoms with E-state index in [0.29, 0.717) is 22.4 Å². The van der Waals surface area contributed by atoms with Crippen LogP contribution in [0, 0.1) is 5.82 Å². The lowest BCUT2D eigenvalue weighted by molar-refractivity contribution is 0.102. The van der Waals surface area contributed by atoms with Crippen molar-refractivity contribution in [2.45, 2.75) is 6.92 Å². The SMILES string of the molecule is CCNc1ncccc1C(=O)Nc1ccc(Br)cc1F. The van der Waals surface area contributed by atoms with Gasteiger partial charge in [0.25, 0.3) is 5.91 Å². The minimum absolute atomic E-state index is 0.129. The number of hydrogen-bond donors (Lipinski definition) is 2. The first-order valence-corrected chi connectivity index (χ1v) is 6.86. The van der Waals surface area contributed by atoms with Gasteiger partial charge in [-0.15, -0.1) is 0 Å². The Balaban J connectivity index is 2.24. The molecule has 0 spiro atoms. The molecular formula is C14H13BrFN3O. The van der Waals surface area contributed by atoms with Crippen LogP contribution in [0.3, 0.4) is 0 Å². The van der Waals surface area contributed by atoms with E-state index >= 15 is 0 Å². The number of nitrogens with one attached hydrogen (secondary N) is 2. The first kappa shape index (κ1) is 14.5. The van der Waals surface area contributed by atoms with Gasteiger partial charge in [0.15, 0.2) is 0 Å². The number of carbonyl (C=O) groups is 1. The van der Waals surface area contributed by atoms with Crippen molar-refractivity contribution in [1.29, 1.82) is 0 Å². The molecule has 0 unspecified atom stereocenters. The van der Waals surface area contributed by atoms with Gasteiger partial charge in [0.05, 0.1) is 11.3 Å². The van der Waals surface area contributed by atoms with Crippen LogP contribution in [0.2, 0.25) is 0 Å². The van der Waals surface area contributed by atoms with E-state index in [1.54, 1.807) is 24.4 Å². The van der Waals surface area contributed by atoms with Gasteiger partial charge in [-0.25, -0.2) is 9.37 Å². The summed E-state index contributed by atoms with van der Waals surface area (Å²) in [5, 5.41) is 5.53. The standard InChI is InChI=1S/C14H13BrFN3O/c1-2-17-13-10(4-3-7-18-13)14(20)19-12-6-5-9(15)8-11(12)16/h3-8H,2H2,1H3,(H,17,18)(H,19,20). The average Bonchev–Trinajstić information content (AvgIpc) is 2.43. The Bertz CT molecular complexity index is 634. The third-order valence-electron chi connectivity index (χ3n) is 2.58. The molecule has 2 N–H and O–H groups in total. The third kappa shape index (κ3) is 3.33. The van der Waals surface area contributed by atoms with E-state index in [2.05, 4.69) is 31.5 Å². The number of hydrogen-bond acceptors (Lipinski definition) is 3. The normalized spacial score (nSPS) is 10.2. The van der Waals surface area contributed by atoms with Crippen molar-refractivity contribution in [2.75, 3.05) is 17.2 Å². The molecule has 0 bridgehead atoms. The van der Waals surface area contributed by atoms with Gasteiger partial charge in [-0.3, -0.25) is 4.79 Å². The zero-order valence-corrected chi connectivity index (χ0v) is 12.4. The highest BCUT2D eigenvalue weighted by Crippen LogP contribution is 2.21. The van der Waals surface area contributed by atoms with Gasteiger partial charge in [0, 0.05) is 17.2 Å². The van der Waals surface area contributed by atoms with Crippen LogP contribution in [0.25, 0.3) is 0 Å². The van der Waals surface area contributed by atoms with Crippen LogP contribution in [-0.4, -0.2) is 17.4 Å². The maximum absolute atomic E-state index is 13.7. The van der Waals surface area contributed by atoms with Gasteiger partial charge in [0.1, 0.15) is 11.6 Å². The Hall–Kier alpha value is -1.95. The number of anilines is 2.